The normalized spacial score (nSPS) is 11.0. The third kappa shape index (κ3) is 7.13. The Morgan fingerprint density at radius 3 is 2.91 bits per heavy atom. The van der Waals surface area contributed by atoms with Gasteiger partial charge in [0.1, 0.15) is 0 Å². The quantitative estimate of drug-likeness (QED) is 0.265. The lowest BCUT2D eigenvalue weighted by Gasteiger charge is -1.88. The summed E-state index contributed by atoms with van der Waals surface area (Å²) in [5, 5.41) is 0. The molecule has 0 aromatic heterocycles. The van der Waals surface area contributed by atoms with Gasteiger partial charge in [-0.15, -0.1) is 0 Å². The second-order valence-corrected chi connectivity index (χ2v) is 2.77. The molecule has 0 aliphatic carbocycles. The number of allylic oxidation sites excluding steroid dienone is 3. The van der Waals surface area contributed by atoms with Crippen molar-refractivity contribution in [2.24, 2.45) is 4.40 Å². The van der Waals surface area contributed by atoms with Crippen LogP contribution in [0.15, 0.2) is 40.7 Å². The summed E-state index contributed by atoms with van der Waals surface area (Å²) >= 11 is 1.35. The summed E-state index contributed by atoms with van der Waals surface area (Å²) in [6, 6.07) is 0. The van der Waals surface area contributed by atoms with Gasteiger partial charge in [-0.3, -0.25) is 0 Å². The minimum atomic E-state index is 0.877. The highest BCUT2D eigenvalue weighted by Crippen LogP contribution is 2.13. The first-order valence-electron chi connectivity index (χ1n) is 3.42. The van der Waals surface area contributed by atoms with Crippen LogP contribution in [-0.4, -0.2) is 6.21 Å². The topological polar surface area (TPSA) is 12.4 Å². The number of rotatable bonds is 5. The van der Waals surface area contributed by atoms with Crippen molar-refractivity contribution in [2.45, 2.75) is 13.3 Å². The van der Waals surface area contributed by atoms with Crippen molar-refractivity contribution >= 4 is 18.2 Å². The van der Waals surface area contributed by atoms with E-state index in [1.165, 1.54) is 11.9 Å². The zero-order chi connectivity index (χ0) is 8.53. The molecule has 1 nitrogen and oxygen atoms in total. The molecule has 0 N–H and O–H groups in total. The molecular weight excluding hydrogens is 154 g/mol. The summed E-state index contributed by atoms with van der Waals surface area (Å²) in [5.74, 6) is 0. The molecule has 0 spiro atoms. The van der Waals surface area contributed by atoms with Crippen molar-refractivity contribution in [1.29, 1.82) is 0 Å². The zero-order valence-electron chi connectivity index (χ0n) is 6.79. The highest BCUT2D eigenvalue weighted by atomic mass is 32.2. The maximum Gasteiger partial charge on any atom is 0.0227 e. The highest BCUT2D eigenvalue weighted by Gasteiger charge is 1.81. The van der Waals surface area contributed by atoms with E-state index in [4.69, 9.17) is 0 Å². The Kier molecular flexibility index (Phi) is 6.84. The van der Waals surface area contributed by atoms with Crippen molar-refractivity contribution in [3.63, 3.8) is 0 Å². The van der Waals surface area contributed by atoms with Crippen LogP contribution in [0.3, 0.4) is 0 Å². The van der Waals surface area contributed by atoms with E-state index in [0.29, 0.717) is 0 Å². The van der Waals surface area contributed by atoms with Crippen molar-refractivity contribution in [3.05, 3.63) is 36.3 Å². The molecule has 11 heavy (non-hydrogen) atoms. The molecule has 0 amide bonds. The van der Waals surface area contributed by atoms with E-state index < -0.39 is 0 Å². The van der Waals surface area contributed by atoms with Crippen molar-refractivity contribution in [3.8, 4) is 0 Å². The van der Waals surface area contributed by atoms with Crippen LogP contribution in [0.2, 0.25) is 0 Å². The lowest BCUT2D eigenvalue weighted by atomic mass is 10.4. The minimum absolute atomic E-state index is 0.877. The van der Waals surface area contributed by atoms with Crippen LogP contribution in [0.1, 0.15) is 13.3 Å². The van der Waals surface area contributed by atoms with Gasteiger partial charge in [-0.05, 0) is 6.92 Å². The number of hydrogen-bond donors (Lipinski definition) is 0. The molecule has 0 radical (unpaired) electrons. The van der Waals surface area contributed by atoms with Gasteiger partial charge in [-0.25, -0.2) is 4.40 Å². The molecule has 0 rings (SSSR count). The SMILES string of the molecule is C=CC(=C)S/N=C\C/C=C\C. The largest absolute Gasteiger partial charge is 0.224 e. The Morgan fingerprint density at radius 1 is 1.64 bits per heavy atom. The van der Waals surface area contributed by atoms with Crippen LogP contribution in [0.5, 0.6) is 0 Å². The molecule has 0 aliphatic rings. The van der Waals surface area contributed by atoms with Crippen LogP contribution in [-0.2, 0) is 0 Å². The molecule has 0 aromatic rings. The molecule has 0 bridgehead atoms. The minimum Gasteiger partial charge on any atom is -0.224 e. The molecule has 0 saturated carbocycles. The van der Waals surface area contributed by atoms with E-state index in [-0.39, 0.29) is 0 Å². The highest BCUT2D eigenvalue weighted by molar-refractivity contribution is 8.02. The first kappa shape index (κ1) is 10.2. The van der Waals surface area contributed by atoms with Gasteiger partial charge in [0.25, 0.3) is 0 Å². The van der Waals surface area contributed by atoms with Gasteiger partial charge < -0.3 is 0 Å². The van der Waals surface area contributed by atoms with Gasteiger partial charge in [0, 0.05) is 29.5 Å². The van der Waals surface area contributed by atoms with E-state index >= 15 is 0 Å². The molecule has 0 heterocycles. The molecule has 2 heteroatoms. The molecule has 60 valence electrons. The summed E-state index contributed by atoms with van der Waals surface area (Å²) in [7, 11) is 0. The van der Waals surface area contributed by atoms with Crippen LogP contribution in [0.4, 0.5) is 0 Å². The second kappa shape index (κ2) is 7.35. The Bertz CT molecular complexity index is 180. The lowest BCUT2D eigenvalue weighted by Crippen LogP contribution is -1.67. The molecule has 0 saturated heterocycles. The molecular formula is C9H13NS. The van der Waals surface area contributed by atoms with Gasteiger partial charge >= 0.3 is 0 Å². The predicted octanol–water partition coefficient (Wildman–Crippen LogP) is 3.37. The standard InChI is InChI=1S/C9H13NS/c1-4-6-7-8-10-11-9(3)5-2/h4-6,8H,2-3,7H2,1H3/b6-4-,10-8-. The second-order valence-electron chi connectivity index (χ2n) is 1.85. The van der Waals surface area contributed by atoms with Crippen molar-refractivity contribution in [2.75, 3.05) is 0 Å². The van der Waals surface area contributed by atoms with Gasteiger partial charge in [0.2, 0.25) is 0 Å². The smallest absolute Gasteiger partial charge is 0.0227 e. The molecule has 0 atom stereocenters. The van der Waals surface area contributed by atoms with Crippen LogP contribution in [0.25, 0.3) is 0 Å². The van der Waals surface area contributed by atoms with Crippen LogP contribution < -0.4 is 0 Å². The summed E-state index contributed by atoms with van der Waals surface area (Å²) in [5.41, 5.74) is 0. The first-order chi connectivity index (χ1) is 5.31. The average Bonchev–Trinajstić information content (AvgIpc) is 2.04. The van der Waals surface area contributed by atoms with Gasteiger partial charge in [-0.1, -0.05) is 31.4 Å². The average molecular weight is 167 g/mol. The predicted molar refractivity (Wildman–Crippen MR) is 54.9 cm³/mol. The maximum atomic E-state index is 4.05. The monoisotopic (exact) mass is 167 g/mol. The molecule has 0 fully saturated rings. The van der Waals surface area contributed by atoms with Crippen molar-refractivity contribution in [1.82, 2.24) is 0 Å². The zero-order valence-corrected chi connectivity index (χ0v) is 7.60. The van der Waals surface area contributed by atoms with E-state index in [1.54, 1.807) is 6.08 Å². The van der Waals surface area contributed by atoms with Crippen LogP contribution in [0, 0.1) is 0 Å². The summed E-state index contributed by atoms with van der Waals surface area (Å²) in [6.45, 7) is 9.26. The summed E-state index contributed by atoms with van der Waals surface area (Å²) in [4.78, 5) is 0.877. The maximum absolute atomic E-state index is 4.05. The fourth-order valence-electron chi connectivity index (χ4n) is 0.382. The Morgan fingerprint density at radius 2 is 2.36 bits per heavy atom. The fraction of sp³-hybridized carbons (Fsp3) is 0.222. The fourth-order valence-corrected chi connectivity index (χ4v) is 0.753. The first-order valence-corrected chi connectivity index (χ1v) is 4.20. The lowest BCUT2D eigenvalue weighted by molar-refractivity contribution is 1.50. The molecule has 0 aliphatic heterocycles. The summed E-state index contributed by atoms with van der Waals surface area (Å²) < 4.78 is 4.05. The van der Waals surface area contributed by atoms with Crippen molar-refractivity contribution < 1.29 is 0 Å². The van der Waals surface area contributed by atoms with Gasteiger partial charge in [0.05, 0.1) is 0 Å². The van der Waals surface area contributed by atoms with E-state index in [2.05, 4.69) is 17.6 Å². The molecule has 0 unspecified atom stereocenters. The van der Waals surface area contributed by atoms with E-state index in [0.717, 1.165) is 11.3 Å². The Balaban J connectivity index is 3.44. The van der Waals surface area contributed by atoms with Crippen LogP contribution >= 0.6 is 11.9 Å². The third-order valence-corrected chi connectivity index (χ3v) is 1.61. The number of nitrogens with zero attached hydrogens (tertiary/aromatic N) is 1. The Hall–Kier alpha value is -0.760. The Labute approximate surface area is 72.7 Å². The van der Waals surface area contributed by atoms with E-state index in [1.807, 2.05) is 25.3 Å². The summed E-state index contributed by atoms with van der Waals surface area (Å²) in [6.07, 6.45) is 8.46. The molecule has 0 aromatic carbocycles. The van der Waals surface area contributed by atoms with Gasteiger partial charge in [0.15, 0.2) is 0 Å². The third-order valence-electron chi connectivity index (χ3n) is 0.949. The number of hydrogen-bond acceptors (Lipinski definition) is 2. The van der Waals surface area contributed by atoms with E-state index in [9.17, 15) is 0 Å². The van der Waals surface area contributed by atoms with Gasteiger partial charge in [-0.2, -0.15) is 0 Å².